The molecule has 4 rings (SSSR count). The van der Waals surface area contributed by atoms with Crippen molar-refractivity contribution in [1.82, 2.24) is 20.0 Å². The Balaban J connectivity index is 1.36. The van der Waals surface area contributed by atoms with Crippen LogP contribution in [0.4, 0.5) is 0 Å². The van der Waals surface area contributed by atoms with Crippen LogP contribution in [0.15, 0.2) is 58.0 Å². The van der Waals surface area contributed by atoms with Crippen molar-refractivity contribution in [3.8, 4) is 11.5 Å². The molecule has 1 aromatic carbocycles. The second-order valence-electron chi connectivity index (χ2n) is 6.54. The van der Waals surface area contributed by atoms with E-state index < -0.39 is 0 Å². The fourth-order valence-electron chi connectivity index (χ4n) is 3.35. The molecular formula is C19H20N4O2. The summed E-state index contributed by atoms with van der Waals surface area (Å²) < 4.78 is 5.31. The molecule has 3 aromatic rings. The monoisotopic (exact) mass is 336 g/mol. The van der Waals surface area contributed by atoms with Crippen LogP contribution in [-0.2, 0) is 13.0 Å². The van der Waals surface area contributed by atoms with Crippen molar-refractivity contribution in [2.24, 2.45) is 5.92 Å². The molecule has 0 spiro atoms. The standard InChI is InChI=1S/C19H20N4O2/c24-18-11-16(6-8-20-18)19-21-17(22-25-19)10-15-7-9-23(13-15)12-14-4-2-1-3-5-14/h1-6,8,11,15H,7,9-10,12-13H2,(H,20,24). The first kappa shape index (κ1) is 15.8. The summed E-state index contributed by atoms with van der Waals surface area (Å²) in [5.41, 5.74) is 1.82. The van der Waals surface area contributed by atoms with Gasteiger partial charge in [-0.15, -0.1) is 0 Å². The maximum absolute atomic E-state index is 11.4. The number of H-pyrrole nitrogens is 1. The van der Waals surface area contributed by atoms with Crippen LogP contribution < -0.4 is 5.56 Å². The number of hydrogen-bond donors (Lipinski definition) is 1. The van der Waals surface area contributed by atoms with E-state index >= 15 is 0 Å². The molecule has 2 aromatic heterocycles. The average molecular weight is 336 g/mol. The summed E-state index contributed by atoms with van der Waals surface area (Å²) in [4.78, 5) is 20.9. The van der Waals surface area contributed by atoms with Gasteiger partial charge >= 0.3 is 0 Å². The average Bonchev–Trinajstić information content (AvgIpc) is 3.26. The second kappa shape index (κ2) is 7.03. The number of likely N-dealkylation sites (tertiary alicyclic amines) is 1. The summed E-state index contributed by atoms with van der Waals surface area (Å²) in [5.74, 6) is 1.65. The Morgan fingerprint density at radius 2 is 2.12 bits per heavy atom. The summed E-state index contributed by atoms with van der Waals surface area (Å²) in [6, 6.07) is 13.8. The molecule has 0 saturated carbocycles. The normalized spacial score (nSPS) is 17.8. The number of aromatic nitrogens is 3. The first-order chi connectivity index (χ1) is 12.3. The Labute approximate surface area is 145 Å². The molecule has 0 aliphatic carbocycles. The third-order valence-corrected chi connectivity index (χ3v) is 4.58. The summed E-state index contributed by atoms with van der Waals surface area (Å²) in [7, 11) is 0. The highest BCUT2D eigenvalue weighted by molar-refractivity contribution is 5.50. The maximum atomic E-state index is 11.4. The van der Waals surface area contributed by atoms with Crippen LogP contribution in [0.3, 0.4) is 0 Å². The molecule has 1 aliphatic rings. The number of rotatable bonds is 5. The third-order valence-electron chi connectivity index (χ3n) is 4.58. The molecule has 6 heteroatoms. The van der Waals surface area contributed by atoms with Crippen molar-refractivity contribution in [2.45, 2.75) is 19.4 Å². The quantitative estimate of drug-likeness (QED) is 0.775. The highest BCUT2D eigenvalue weighted by atomic mass is 16.5. The van der Waals surface area contributed by atoms with Gasteiger partial charge in [-0.3, -0.25) is 9.69 Å². The van der Waals surface area contributed by atoms with E-state index in [9.17, 15) is 4.79 Å². The Morgan fingerprint density at radius 3 is 2.96 bits per heavy atom. The van der Waals surface area contributed by atoms with Gasteiger partial charge in [0.2, 0.25) is 5.56 Å². The van der Waals surface area contributed by atoms with Gasteiger partial charge in [-0.1, -0.05) is 35.5 Å². The minimum absolute atomic E-state index is 0.176. The van der Waals surface area contributed by atoms with Crippen LogP contribution in [0, 0.1) is 5.92 Å². The van der Waals surface area contributed by atoms with Crippen molar-refractivity contribution in [2.75, 3.05) is 13.1 Å². The van der Waals surface area contributed by atoms with Gasteiger partial charge in [0, 0.05) is 37.3 Å². The minimum Gasteiger partial charge on any atom is -0.334 e. The molecule has 1 atom stereocenters. The van der Waals surface area contributed by atoms with E-state index in [0.717, 1.165) is 32.5 Å². The number of nitrogens with one attached hydrogen (secondary N) is 1. The van der Waals surface area contributed by atoms with Gasteiger partial charge in [-0.25, -0.2) is 0 Å². The first-order valence-electron chi connectivity index (χ1n) is 8.54. The molecule has 1 N–H and O–H groups in total. The Morgan fingerprint density at radius 1 is 1.24 bits per heavy atom. The second-order valence-corrected chi connectivity index (χ2v) is 6.54. The van der Waals surface area contributed by atoms with E-state index in [0.29, 0.717) is 23.2 Å². The summed E-state index contributed by atoms with van der Waals surface area (Å²) in [6.45, 7) is 3.13. The van der Waals surface area contributed by atoms with E-state index in [2.05, 4.69) is 44.3 Å². The zero-order valence-electron chi connectivity index (χ0n) is 13.9. The molecule has 128 valence electrons. The van der Waals surface area contributed by atoms with Crippen LogP contribution in [0.2, 0.25) is 0 Å². The molecule has 1 fully saturated rings. The lowest BCUT2D eigenvalue weighted by molar-refractivity contribution is 0.314. The van der Waals surface area contributed by atoms with Crippen molar-refractivity contribution in [3.63, 3.8) is 0 Å². The van der Waals surface area contributed by atoms with Crippen LogP contribution in [-0.4, -0.2) is 33.1 Å². The minimum atomic E-state index is -0.176. The number of nitrogens with zero attached hydrogens (tertiary/aromatic N) is 3. The molecule has 1 aliphatic heterocycles. The Bertz CT molecular complexity index is 887. The highest BCUT2D eigenvalue weighted by Gasteiger charge is 2.24. The number of benzene rings is 1. The molecule has 1 unspecified atom stereocenters. The van der Waals surface area contributed by atoms with Crippen molar-refractivity contribution >= 4 is 0 Å². The fourth-order valence-corrected chi connectivity index (χ4v) is 3.35. The highest BCUT2D eigenvalue weighted by Crippen LogP contribution is 2.23. The van der Waals surface area contributed by atoms with Crippen molar-refractivity contribution < 1.29 is 4.52 Å². The third kappa shape index (κ3) is 3.85. The number of aromatic amines is 1. The smallest absolute Gasteiger partial charge is 0.258 e. The van der Waals surface area contributed by atoms with Gasteiger partial charge in [0.15, 0.2) is 5.82 Å². The van der Waals surface area contributed by atoms with Gasteiger partial charge in [-0.2, -0.15) is 4.98 Å². The molecule has 6 nitrogen and oxygen atoms in total. The van der Waals surface area contributed by atoms with Crippen LogP contribution in [0.5, 0.6) is 0 Å². The fraction of sp³-hybridized carbons (Fsp3) is 0.316. The zero-order chi connectivity index (χ0) is 17.1. The lowest BCUT2D eigenvalue weighted by atomic mass is 10.1. The van der Waals surface area contributed by atoms with Gasteiger partial charge in [-0.05, 0) is 30.5 Å². The number of hydrogen-bond acceptors (Lipinski definition) is 5. The van der Waals surface area contributed by atoms with Gasteiger partial charge < -0.3 is 9.51 Å². The van der Waals surface area contributed by atoms with E-state index in [1.165, 1.54) is 11.6 Å². The van der Waals surface area contributed by atoms with Gasteiger partial charge in [0.05, 0.1) is 0 Å². The summed E-state index contributed by atoms with van der Waals surface area (Å²) >= 11 is 0. The molecule has 1 saturated heterocycles. The molecule has 0 radical (unpaired) electrons. The lowest BCUT2D eigenvalue weighted by Gasteiger charge is -2.15. The lowest BCUT2D eigenvalue weighted by Crippen LogP contribution is -2.20. The summed E-state index contributed by atoms with van der Waals surface area (Å²) in [5, 5.41) is 4.08. The predicted molar refractivity (Wildman–Crippen MR) is 93.9 cm³/mol. The molecule has 3 heterocycles. The van der Waals surface area contributed by atoms with E-state index in [1.54, 1.807) is 12.3 Å². The molecule has 0 bridgehead atoms. The summed E-state index contributed by atoms with van der Waals surface area (Å²) in [6.07, 6.45) is 3.53. The van der Waals surface area contributed by atoms with Crippen LogP contribution in [0.1, 0.15) is 17.8 Å². The van der Waals surface area contributed by atoms with Crippen molar-refractivity contribution in [3.05, 3.63) is 70.4 Å². The van der Waals surface area contributed by atoms with E-state index in [1.807, 2.05) is 6.07 Å². The van der Waals surface area contributed by atoms with E-state index in [-0.39, 0.29) is 5.56 Å². The van der Waals surface area contributed by atoms with Crippen molar-refractivity contribution in [1.29, 1.82) is 0 Å². The SMILES string of the molecule is O=c1cc(-c2nc(CC3CCN(Cc4ccccc4)C3)no2)cc[nH]1. The predicted octanol–water partition coefficient (Wildman–Crippen LogP) is 2.49. The number of pyridine rings is 1. The van der Waals surface area contributed by atoms with Crippen LogP contribution >= 0.6 is 0 Å². The van der Waals surface area contributed by atoms with E-state index in [4.69, 9.17) is 4.52 Å². The zero-order valence-corrected chi connectivity index (χ0v) is 13.9. The molecule has 0 amide bonds. The first-order valence-corrected chi connectivity index (χ1v) is 8.54. The van der Waals surface area contributed by atoms with Gasteiger partial charge in [0.25, 0.3) is 5.89 Å². The van der Waals surface area contributed by atoms with Crippen LogP contribution in [0.25, 0.3) is 11.5 Å². The molecular weight excluding hydrogens is 316 g/mol. The largest absolute Gasteiger partial charge is 0.334 e. The Kier molecular flexibility index (Phi) is 4.43. The molecule has 25 heavy (non-hydrogen) atoms. The van der Waals surface area contributed by atoms with Gasteiger partial charge in [0.1, 0.15) is 0 Å². The maximum Gasteiger partial charge on any atom is 0.258 e. The topological polar surface area (TPSA) is 75.0 Å². The Hall–Kier alpha value is -2.73.